The molecule has 0 aromatic carbocycles. The highest BCUT2D eigenvalue weighted by molar-refractivity contribution is 5.96. The summed E-state index contributed by atoms with van der Waals surface area (Å²) >= 11 is 0. The second kappa shape index (κ2) is 4.87. The van der Waals surface area contributed by atoms with Crippen molar-refractivity contribution >= 4 is 5.91 Å². The van der Waals surface area contributed by atoms with Crippen molar-refractivity contribution in [3.8, 4) is 0 Å². The van der Waals surface area contributed by atoms with Crippen LogP contribution in [0, 0.1) is 19.8 Å². The number of carbonyl (C=O) groups is 1. The maximum absolute atomic E-state index is 12.3. The third kappa shape index (κ3) is 2.34. The van der Waals surface area contributed by atoms with Gasteiger partial charge in [0, 0.05) is 13.1 Å². The predicted molar refractivity (Wildman–Crippen MR) is 63.7 cm³/mol. The van der Waals surface area contributed by atoms with Gasteiger partial charge in [0.25, 0.3) is 5.91 Å². The van der Waals surface area contributed by atoms with E-state index in [0.717, 1.165) is 25.9 Å². The summed E-state index contributed by atoms with van der Waals surface area (Å²) in [7, 11) is 0. The van der Waals surface area contributed by atoms with Crippen molar-refractivity contribution in [1.82, 2.24) is 10.1 Å². The van der Waals surface area contributed by atoms with Crippen LogP contribution in [-0.4, -0.2) is 35.6 Å². The number of aryl methyl sites for hydroxylation is 2. The number of amides is 1. The number of carbonyl (C=O) groups excluding carboxylic acids is 1. The maximum Gasteiger partial charge on any atom is 0.259 e. The summed E-state index contributed by atoms with van der Waals surface area (Å²) in [5.74, 6) is 1.05. The quantitative estimate of drug-likeness (QED) is 0.836. The van der Waals surface area contributed by atoms with Crippen LogP contribution in [0.4, 0.5) is 0 Å². The largest absolute Gasteiger partial charge is 0.361 e. The molecular weight excluding hydrogens is 218 g/mol. The van der Waals surface area contributed by atoms with Gasteiger partial charge < -0.3 is 15.2 Å². The van der Waals surface area contributed by atoms with Crippen LogP contribution in [0.3, 0.4) is 0 Å². The Kier molecular flexibility index (Phi) is 3.47. The lowest BCUT2D eigenvalue weighted by molar-refractivity contribution is 0.0676. The fourth-order valence-electron chi connectivity index (χ4n) is 2.39. The molecule has 1 aromatic rings. The smallest absolute Gasteiger partial charge is 0.259 e. The van der Waals surface area contributed by atoms with E-state index < -0.39 is 0 Å². The summed E-state index contributed by atoms with van der Waals surface area (Å²) < 4.78 is 5.04. The highest BCUT2D eigenvalue weighted by atomic mass is 16.5. The van der Waals surface area contributed by atoms with Crippen molar-refractivity contribution in [2.75, 3.05) is 19.6 Å². The van der Waals surface area contributed by atoms with E-state index in [0.29, 0.717) is 29.5 Å². The van der Waals surface area contributed by atoms with E-state index in [1.54, 1.807) is 13.8 Å². The first kappa shape index (κ1) is 12.1. The average Bonchev–Trinajstić information content (AvgIpc) is 2.68. The van der Waals surface area contributed by atoms with E-state index >= 15 is 0 Å². The Hall–Kier alpha value is -1.36. The van der Waals surface area contributed by atoms with Gasteiger partial charge in [0.2, 0.25) is 0 Å². The summed E-state index contributed by atoms with van der Waals surface area (Å²) in [5, 5.41) is 3.82. The number of hydrogen-bond donors (Lipinski definition) is 1. The molecule has 1 aromatic heterocycles. The second-order valence-corrected chi connectivity index (χ2v) is 4.69. The van der Waals surface area contributed by atoms with Crippen LogP contribution in [0.2, 0.25) is 0 Å². The SMILES string of the molecule is Cc1noc(C)c1C(=O)N1CCC[C@@H](CN)C1. The Morgan fingerprint density at radius 3 is 2.94 bits per heavy atom. The van der Waals surface area contributed by atoms with Crippen molar-refractivity contribution in [2.24, 2.45) is 11.7 Å². The molecule has 5 nitrogen and oxygen atoms in total. The van der Waals surface area contributed by atoms with E-state index in [2.05, 4.69) is 5.16 Å². The molecule has 0 bridgehead atoms. The number of hydrogen-bond acceptors (Lipinski definition) is 4. The number of rotatable bonds is 2. The Morgan fingerprint density at radius 1 is 1.59 bits per heavy atom. The van der Waals surface area contributed by atoms with E-state index in [-0.39, 0.29) is 5.91 Å². The maximum atomic E-state index is 12.3. The molecule has 0 aliphatic carbocycles. The van der Waals surface area contributed by atoms with Crippen LogP contribution in [0.15, 0.2) is 4.52 Å². The molecule has 2 heterocycles. The molecule has 0 spiro atoms. The van der Waals surface area contributed by atoms with Gasteiger partial charge in [-0.25, -0.2) is 0 Å². The normalized spacial score (nSPS) is 20.6. The van der Waals surface area contributed by atoms with Crippen LogP contribution < -0.4 is 5.73 Å². The van der Waals surface area contributed by atoms with Crippen molar-refractivity contribution in [3.05, 3.63) is 17.0 Å². The Balaban J connectivity index is 2.15. The Labute approximate surface area is 101 Å². The van der Waals surface area contributed by atoms with Gasteiger partial charge in [0.05, 0.1) is 5.69 Å². The molecule has 0 radical (unpaired) electrons. The zero-order valence-corrected chi connectivity index (χ0v) is 10.4. The summed E-state index contributed by atoms with van der Waals surface area (Å²) in [5.41, 5.74) is 6.96. The first-order valence-corrected chi connectivity index (χ1v) is 6.05. The minimum absolute atomic E-state index is 0.0272. The molecule has 1 amide bonds. The first-order valence-electron chi connectivity index (χ1n) is 6.05. The highest BCUT2D eigenvalue weighted by Gasteiger charge is 2.27. The van der Waals surface area contributed by atoms with Gasteiger partial charge in [0.15, 0.2) is 0 Å². The Bertz CT molecular complexity index is 394. The molecule has 1 aliphatic rings. The summed E-state index contributed by atoms with van der Waals surface area (Å²) in [4.78, 5) is 14.2. The molecule has 1 aliphatic heterocycles. The third-order valence-electron chi connectivity index (χ3n) is 3.39. The molecule has 0 saturated carbocycles. The van der Waals surface area contributed by atoms with E-state index in [4.69, 9.17) is 10.3 Å². The number of likely N-dealkylation sites (tertiary alicyclic amines) is 1. The zero-order valence-electron chi connectivity index (χ0n) is 10.4. The summed E-state index contributed by atoms with van der Waals surface area (Å²) in [6, 6.07) is 0. The minimum atomic E-state index is 0.0272. The summed E-state index contributed by atoms with van der Waals surface area (Å²) in [6.45, 7) is 5.77. The third-order valence-corrected chi connectivity index (χ3v) is 3.39. The van der Waals surface area contributed by atoms with E-state index in [1.807, 2.05) is 4.90 Å². The molecule has 2 rings (SSSR count). The zero-order chi connectivity index (χ0) is 12.4. The van der Waals surface area contributed by atoms with Gasteiger partial charge in [-0.1, -0.05) is 5.16 Å². The van der Waals surface area contributed by atoms with Crippen LogP contribution in [-0.2, 0) is 0 Å². The topological polar surface area (TPSA) is 72.4 Å². The van der Waals surface area contributed by atoms with Gasteiger partial charge in [-0.15, -0.1) is 0 Å². The molecule has 1 fully saturated rings. The van der Waals surface area contributed by atoms with E-state index in [9.17, 15) is 4.79 Å². The van der Waals surface area contributed by atoms with Crippen LogP contribution >= 0.6 is 0 Å². The molecule has 2 N–H and O–H groups in total. The van der Waals surface area contributed by atoms with Crippen molar-refractivity contribution in [1.29, 1.82) is 0 Å². The highest BCUT2D eigenvalue weighted by Crippen LogP contribution is 2.20. The van der Waals surface area contributed by atoms with Crippen LogP contribution in [0.25, 0.3) is 0 Å². The monoisotopic (exact) mass is 237 g/mol. The van der Waals surface area contributed by atoms with Crippen LogP contribution in [0.1, 0.15) is 34.7 Å². The molecule has 1 saturated heterocycles. The fourth-order valence-corrected chi connectivity index (χ4v) is 2.39. The molecule has 0 unspecified atom stereocenters. The van der Waals surface area contributed by atoms with Gasteiger partial charge in [-0.2, -0.15) is 0 Å². The first-order chi connectivity index (χ1) is 8.13. The number of piperidine rings is 1. The molecule has 1 atom stereocenters. The van der Waals surface area contributed by atoms with Crippen molar-refractivity contribution < 1.29 is 9.32 Å². The average molecular weight is 237 g/mol. The lowest BCUT2D eigenvalue weighted by Gasteiger charge is -2.32. The predicted octanol–water partition coefficient (Wildman–Crippen LogP) is 1.10. The fraction of sp³-hybridized carbons (Fsp3) is 0.667. The van der Waals surface area contributed by atoms with Crippen LogP contribution in [0.5, 0.6) is 0 Å². The summed E-state index contributed by atoms with van der Waals surface area (Å²) in [6.07, 6.45) is 2.14. The molecular formula is C12H19N3O2. The van der Waals surface area contributed by atoms with Gasteiger partial charge in [-0.05, 0) is 39.2 Å². The second-order valence-electron chi connectivity index (χ2n) is 4.69. The minimum Gasteiger partial charge on any atom is -0.361 e. The van der Waals surface area contributed by atoms with Gasteiger partial charge in [-0.3, -0.25) is 4.79 Å². The van der Waals surface area contributed by atoms with E-state index in [1.165, 1.54) is 0 Å². The lowest BCUT2D eigenvalue weighted by Crippen LogP contribution is -2.42. The Morgan fingerprint density at radius 2 is 2.35 bits per heavy atom. The van der Waals surface area contributed by atoms with Crippen molar-refractivity contribution in [2.45, 2.75) is 26.7 Å². The van der Waals surface area contributed by atoms with Crippen molar-refractivity contribution in [3.63, 3.8) is 0 Å². The number of aromatic nitrogens is 1. The molecule has 5 heteroatoms. The molecule has 94 valence electrons. The number of nitrogens with two attached hydrogens (primary N) is 1. The lowest BCUT2D eigenvalue weighted by atomic mass is 9.97. The standard InChI is InChI=1S/C12H19N3O2/c1-8-11(9(2)17-14-8)12(16)15-5-3-4-10(6-13)7-15/h10H,3-7,13H2,1-2H3/t10-/m0/s1. The molecule has 17 heavy (non-hydrogen) atoms. The van der Waals surface area contributed by atoms with Gasteiger partial charge >= 0.3 is 0 Å². The number of nitrogens with zero attached hydrogens (tertiary/aromatic N) is 2. The van der Waals surface area contributed by atoms with Gasteiger partial charge in [0.1, 0.15) is 11.3 Å².